The summed E-state index contributed by atoms with van der Waals surface area (Å²) in [6.07, 6.45) is 0.894. The van der Waals surface area contributed by atoms with E-state index in [1.807, 2.05) is 0 Å². The minimum absolute atomic E-state index is 0.115. The van der Waals surface area contributed by atoms with Crippen LogP contribution >= 0.6 is 0 Å². The van der Waals surface area contributed by atoms with Gasteiger partial charge >= 0.3 is 12.6 Å². The van der Waals surface area contributed by atoms with Crippen LogP contribution in [0.1, 0.15) is 31.2 Å². The molecule has 0 saturated heterocycles. The van der Waals surface area contributed by atoms with E-state index in [9.17, 15) is 23.2 Å². The van der Waals surface area contributed by atoms with Crippen LogP contribution in [-0.4, -0.2) is 34.4 Å². The summed E-state index contributed by atoms with van der Waals surface area (Å²) in [6, 6.07) is 8.14. The topological polar surface area (TPSA) is 85.8 Å². The van der Waals surface area contributed by atoms with Crippen molar-refractivity contribution in [3.8, 4) is 5.75 Å². The molecule has 0 aliphatic carbocycles. The van der Waals surface area contributed by atoms with E-state index in [0.29, 0.717) is 5.06 Å². The van der Waals surface area contributed by atoms with Crippen molar-refractivity contribution in [1.82, 2.24) is 10.0 Å². The maximum atomic E-state index is 12.1. The molecule has 2 aromatic rings. The van der Waals surface area contributed by atoms with Gasteiger partial charge in [0, 0.05) is 0 Å². The average Bonchev–Trinajstić information content (AvgIpc) is 2.80. The quantitative estimate of drug-likeness (QED) is 0.796. The lowest BCUT2D eigenvalue weighted by Gasteiger charge is -2.12. The molecular formula is C15H8F2N2O5. The monoisotopic (exact) mass is 334 g/mol. The fourth-order valence-electron chi connectivity index (χ4n) is 2.05. The number of carbonyl (C=O) groups is 3. The number of alkyl halides is 2. The Hall–Kier alpha value is -3.36. The van der Waals surface area contributed by atoms with Crippen molar-refractivity contribution in [2.24, 2.45) is 0 Å². The molecule has 0 bridgehead atoms. The second-order valence-corrected chi connectivity index (χ2v) is 4.59. The van der Waals surface area contributed by atoms with Crippen LogP contribution in [0.3, 0.4) is 0 Å². The summed E-state index contributed by atoms with van der Waals surface area (Å²) in [4.78, 5) is 44.4. The van der Waals surface area contributed by atoms with Crippen molar-refractivity contribution < 1.29 is 32.7 Å². The second-order valence-electron chi connectivity index (χ2n) is 4.59. The second kappa shape index (κ2) is 6.03. The third-order valence-electron chi connectivity index (χ3n) is 3.10. The molecule has 122 valence electrons. The van der Waals surface area contributed by atoms with Crippen LogP contribution in [0.5, 0.6) is 5.75 Å². The molecule has 1 aromatic heterocycles. The van der Waals surface area contributed by atoms with Crippen LogP contribution in [0.15, 0.2) is 42.6 Å². The lowest BCUT2D eigenvalue weighted by Crippen LogP contribution is -2.32. The highest BCUT2D eigenvalue weighted by molar-refractivity contribution is 6.21. The maximum Gasteiger partial charge on any atom is 0.387 e. The fourth-order valence-corrected chi connectivity index (χ4v) is 2.05. The number of carbonyl (C=O) groups excluding carboxylic acids is 3. The first-order valence-corrected chi connectivity index (χ1v) is 6.58. The van der Waals surface area contributed by atoms with Crippen LogP contribution in [-0.2, 0) is 4.84 Å². The summed E-state index contributed by atoms with van der Waals surface area (Å²) in [5.74, 6) is -2.89. The third kappa shape index (κ3) is 2.78. The van der Waals surface area contributed by atoms with Gasteiger partial charge in [0.15, 0.2) is 5.69 Å². The van der Waals surface area contributed by atoms with E-state index in [0.717, 1.165) is 18.3 Å². The maximum absolute atomic E-state index is 12.1. The standard InChI is InChI=1S/C15H8F2N2O5/c16-15(17)23-8-5-6-11(18-7-8)14(22)24-19-12(20)9-3-1-2-4-10(9)13(19)21/h1-7,15H. The van der Waals surface area contributed by atoms with Crippen LogP contribution in [0, 0.1) is 0 Å². The highest BCUT2D eigenvalue weighted by Gasteiger charge is 2.38. The molecule has 24 heavy (non-hydrogen) atoms. The van der Waals surface area contributed by atoms with E-state index >= 15 is 0 Å². The number of pyridine rings is 1. The smallest absolute Gasteiger partial charge is 0.387 e. The first-order chi connectivity index (χ1) is 11.5. The normalized spacial score (nSPS) is 13.2. The number of fused-ring (bicyclic) bond motifs is 1. The Morgan fingerprint density at radius 1 is 1.04 bits per heavy atom. The van der Waals surface area contributed by atoms with Crippen molar-refractivity contribution in [2.75, 3.05) is 0 Å². The molecule has 0 fully saturated rings. The zero-order valence-electron chi connectivity index (χ0n) is 11.8. The van der Waals surface area contributed by atoms with E-state index in [2.05, 4.69) is 9.72 Å². The van der Waals surface area contributed by atoms with Crippen LogP contribution in [0.4, 0.5) is 8.78 Å². The molecule has 0 radical (unpaired) electrons. The van der Waals surface area contributed by atoms with Gasteiger partial charge in [-0.15, -0.1) is 0 Å². The summed E-state index contributed by atoms with van der Waals surface area (Å²) in [6.45, 7) is -3.03. The molecule has 0 N–H and O–H groups in total. The van der Waals surface area contributed by atoms with Crippen molar-refractivity contribution in [3.05, 3.63) is 59.4 Å². The van der Waals surface area contributed by atoms with Gasteiger partial charge in [-0.3, -0.25) is 9.59 Å². The molecule has 7 nitrogen and oxygen atoms in total. The predicted octanol–water partition coefficient (Wildman–Crippen LogP) is 2.05. The number of aromatic nitrogens is 1. The SMILES string of the molecule is O=C(ON1C(=O)c2ccccc2C1=O)c1ccc(OC(F)F)cn1. The highest BCUT2D eigenvalue weighted by atomic mass is 19.3. The number of hydroxylamine groups is 2. The van der Waals surface area contributed by atoms with Gasteiger partial charge in [-0.05, 0) is 24.3 Å². The minimum Gasteiger partial charge on any atom is -0.433 e. The van der Waals surface area contributed by atoms with Crippen molar-refractivity contribution in [2.45, 2.75) is 6.61 Å². The van der Waals surface area contributed by atoms with Crippen LogP contribution in [0.25, 0.3) is 0 Å². The van der Waals surface area contributed by atoms with Gasteiger partial charge in [-0.2, -0.15) is 8.78 Å². The number of imide groups is 1. The van der Waals surface area contributed by atoms with Crippen molar-refractivity contribution in [3.63, 3.8) is 0 Å². The van der Waals surface area contributed by atoms with Gasteiger partial charge in [0.05, 0.1) is 17.3 Å². The summed E-state index contributed by atoms with van der Waals surface area (Å²) in [5.41, 5.74) is -0.0546. The van der Waals surface area contributed by atoms with Gasteiger partial charge in [0.1, 0.15) is 5.75 Å². The molecule has 2 heterocycles. The number of hydrogen-bond acceptors (Lipinski definition) is 6. The summed E-state index contributed by atoms with van der Waals surface area (Å²) < 4.78 is 28.2. The summed E-state index contributed by atoms with van der Waals surface area (Å²) in [7, 11) is 0. The molecule has 3 rings (SSSR count). The number of hydrogen-bond donors (Lipinski definition) is 0. The van der Waals surface area contributed by atoms with Gasteiger partial charge < -0.3 is 9.57 Å². The molecule has 0 unspecified atom stereocenters. The number of ether oxygens (including phenoxy) is 1. The molecule has 2 amide bonds. The van der Waals surface area contributed by atoms with E-state index < -0.39 is 24.4 Å². The lowest BCUT2D eigenvalue weighted by atomic mass is 10.1. The molecule has 9 heteroatoms. The fraction of sp³-hybridized carbons (Fsp3) is 0.0667. The molecule has 1 aliphatic rings. The molecule has 0 spiro atoms. The zero-order valence-corrected chi connectivity index (χ0v) is 11.8. The van der Waals surface area contributed by atoms with Gasteiger partial charge in [0.2, 0.25) is 0 Å². The number of benzene rings is 1. The Bertz CT molecular complexity index is 788. The predicted molar refractivity (Wildman–Crippen MR) is 73.2 cm³/mol. The first-order valence-electron chi connectivity index (χ1n) is 6.58. The zero-order chi connectivity index (χ0) is 17.3. The van der Waals surface area contributed by atoms with Gasteiger partial charge in [-0.1, -0.05) is 17.2 Å². The van der Waals surface area contributed by atoms with E-state index in [1.54, 1.807) is 12.1 Å². The number of amides is 2. The van der Waals surface area contributed by atoms with Crippen molar-refractivity contribution in [1.29, 1.82) is 0 Å². The van der Waals surface area contributed by atoms with E-state index in [1.165, 1.54) is 12.1 Å². The Morgan fingerprint density at radius 3 is 2.17 bits per heavy atom. The molecular weight excluding hydrogens is 326 g/mol. The summed E-state index contributed by atoms with van der Waals surface area (Å²) in [5, 5.41) is 0.332. The van der Waals surface area contributed by atoms with Crippen LogP contribution < -0.4 is 4.74 Å². The minimum atomic E-state index is -3.03. The number of rotatable bonds is 4. The highest BCUT2D eigenvalue weighted by Crippen LogP contribution is 2.23. The number of nitrogens with zero attached hydrogens (tertiary/aromatic N) is 2. The molecule has 0 atom stereocenters. The average molecular weight is 334 g/mol. The Balaban J connectivity index is 1.74. The van der Waals surface area contributed by atoms with E-state index in [-0.39, 0.29) is 22.6 Å². The Kier molecular flexibility index (Phi) is 3.90. The summed E-state index contributed by atoms with van der Waals surface area (Å²) >= 11 is 0. The molecule has 1 aliphatic heterocycles. The largest absolute Gasteiger partial charge is 0.433 e. The Morgan fingerprint density at radius 2 is 1.67 bits per heavy atom. The van der Waals surface area contributed by atoms with E-state index in [4.69, 9.17) is 4.84 Å². The molecule has 0 saturated carbocycles. The van der Waals surface area contributed by atoms with Crippen LogP contribution in [0.2, 0.25) is 0 Å². The lowest BCUT2D eigenvalue weighted by molar-refractivity contribution is -0.0590. The van der Waals surface area contributed by atoms with Crippen molar-refractivity contribution >= 4 is 17.8 Å². The Labute approximate surface area is 133 Å². The first kappa shape index (κ1) is 15.5. The van der Waals surface area contributed by atoms with Gasteiger partial charge in [-0.25, -0.2) is 9.78 Å². The number of halogens is 2. The molecule has 1 aromatic carbocycles. The van der Waals surface area contributed by atoms with Gasteiger partial charge in [0.25, 0.3) is 11.8 Å². The third-order valence-corrected chi connectivity index (χ3v) is 3.10.